The molecule has 0 aliphatic carbocycles. The molecule has 2 nitrogen and oxygen atoms in total. The first kappa shape index (κ1) is 14.3. The topological polar surface area (TPSA) is 21.3 Å². The minimum atomic E-state index is -0.409. The van der Waals surface area contributed by atoms with E-state index in [1.54, 1.807) is 25.1 Å². The fourth-order valence-electron chi connectivity index (χ4n) is 1.91. The van der Waals surface area contributed by atoms with Crippen molar-refractivity contribution >= 4 is 5.69 Å². The number of anilines is 1. The Hall–Kier alpha value is -2.10. The number of benzene rings is 2. The second kappa shape index (κ2) is 6.37. The van der Waals surface area contributed by atoms with Crippen LogP contribution in [-0.4, -0.2) is 6.61 Å². The van der Waals surface area contributed by atoms with Crippen molar-refractivity contribution < 1.29 is 13.5 Å². The lowest BCUT2D eigenvalue weighted by atomic mass is 10.1. The van der Waals surface area contributed by atoms with Crippen LogP contribution in [0.4, 0.5) is 14.5 Å². The molecule has 20 heavy (non-hydrogen) atoms. The molecule has 2 rings (SSSR count). The molecule has 106 valence electrons. The van der Waals surface area contributed by atoms with E-state index in [1.807, 2.05) is 6.92 Å². The van der Waals surface area contributed by atoms with Gasteiger partial charge in [0.15, 0.2) is 11.6 Å². The van der Waals surface area contributed by atoms with Crippen molar-refractivity contribution in [3.05, 3.63) is 59.2 Å². The van der Waals surface area contributed by atoms with E-state index in [0.29, 0.717) is 18.8 Å². The standard InChI is InChI=1S/C16H17F2NO/c1-3-20-16-7-6-14(9-15(16)18)19-10-12-8-13(17)5-4-11(12)2/h4-9,19H,3,10H2,1-2H3. The monoisotopic (exact) mass is 277 g/mol. The van der Waals surface area contributed by atoms with Gasteiger partial charge in [-0.3, -0.25) is 0 Å². The highest BCUT2D eigenvalue weighted by Crippen LogP contribution is 2.22. The summed E-state index contributed by atoms with van der Waals surface area (Å²) in [5.41, 5.74) is 2.47. The molecule has 0 unspecified atom stereocenters. The Kier molecular flexibility index (Phi) is 4.56. The van der Waals surface area contributed by atoms with E-state index < -0.39 is 5.82 Å². The van der Waals surface area contributed by atoms with E-state index in [9.17, 15) is 8.78 Å². The summed E-state index contributed by atoms with van der Waals surface area (Å²) in [6.07, 6.45) is 0. The zero-order valence-electron chi connectivity index (χ0n) is 11.5. The summed E-state index contributed by atoms with van der Waals surface area (Å²) in [6.45, 7) is 4.58. The third-order valence-electron chi connectivity index (χ3n) is 3.03. The third-order valence-corrected chi connectivity index (χ3v) is 3.03. The van der Waals surface area contributed by atoms with Crippen molar-refractivity contribution in [3.63, 3.8) is 0 Å². The Morgan fingerprint density at radius 2 is 1.90 bits per heavy atom. The van der Waals surface area contributed by atoms with Gasteiger partial charge in [-0.1, -0.05) is 6.07 Å². The van der Waals surface area contributed by atoms with E-state index in [1.165, 1.54) is 18.2 Å². The van der Waals surface area contributed by atoms with Crippen molar-refractivity contribution in [2.24, 2.45) is 0 Å². The van der Waals surface area contributed by atoms with Crippen molar-refractivity contribution in [1.29, 1.82) is 0 Å². The number of halogens is 2. The Bertz CT molecular complexity index is 599. The van der Waals surface area contributed by atoms with Gasteiger partial charge in [-0.15, -0.1) is 0 Å². The number of hydrogen-bond acceptors (Lipinski definition) is 2. The van der Waals surface area contributed by atoms with Crippen LogP contribution in [0.25, 0.3) is 0 Å². The van der Waals surface area contributed by atoms with Crippen LogP contribution < -0.4 is 10.1 Å². The van der Waals surface area contributed by atoms with E-state index in [4.69, 9.17) is 4.74 Å². The van der Waals surface area contributed by atoms with Crippen LogP contribution >= 0.6 is 0 Å². The zero-order chi connectivity index (χ0) is 14.5. The highest BCUT2D eigenvalue weighted by atomic mass is 19.1. The quantitative estimate of drug-likeness (QED) is 0.880. The highest BCUT2D eigenvalue weighted by molar-refractivity contribution is 5.48. The molecule has 0 saturated heterocycles. The summed E-state index contributed by atoms with van der Waals surface area (Å²) in [6, 6.07) is 9.33. The fraction of sp³-hybridized carbons (Fsp3) is 0.250. The maximum atomic E-state index is 13.7. The Morgan fingerprint density at radius 3 is 2.60 bits per heavy atom. The Labute approximate surface area is 117 Å². The Morgan fingerprint density at radius 1 is 1.10 bits per heavy atom. The lowest BCUT2D eigenvalue weighted by molar-refractivity contribution is 0.321. The van der Waals surface area contributed by atoms with E-state index >= 15 is 0 Å². The van der Waals surface area contributed by atoms with Crippen LogP contribution in [0.2, 0.25) is 0 Å². The average Bonchev–Trinajstić information content (AvgIpc) is 2.43. The largest absolute Gasteiger partial charge is 0.491 e. The molecule has 0 heterocycles. The van der Waals surface area contributed by atoms with Gasteiger partial charge in [-0.25, -0.2) is 8.78 Å². The fourth-order valence-corrected chi connectivity index (χ4v) is 1.91. The van der Waals surface area contributed by atoms with Gasteiger partial charge in [0.1, 0.15) is 5.82 Å². The smallest absolute Gasteiger partial charge is 0.167 e. The van der Waals surface area contributed by atoms with Crippen LogP contribution in [0.15, 0.2) is 36.4 Å². The summed E-state index contributed by atoms with van der Waals surface area (Å²) in [5, 5.41) is 3.08. The zero-order valence-corrected chi connectivity index (χ0v) is 11.5. The lowest BCUT2D eigenvalue weighted by Crippen LogP contribution is -2.03. The minimum absolute atomic E-state index is 0.236. The molecular formula is C16H17F2NO. The number of nitrogens with one attached hydrogen (secondary N) is 1. The molecule has 0 aliphatic rings. The SMILES string of the molecule is CCOc1ccc(NCc2cc(F)ccc2C)cc1F. The Balaban J connectivity index is 2.07. The number of hydrogen-bond donors (Lipinski definition) is 1. The van der Waals surface area contributed by atoms with Crippen molar-refractivity contribution in [3.8, 4) is 5.75 Å². The molecule has 1 N–H and O–H groups in total. The summed E-state index contributed by atoms with van der Waals surface area (Å²) in [5.74, 6) is -0.446. The van der Waals surface area contributed by atoms with Gasteiger partial charge >= 0.3 is 0 Å². The predicted octanol–water partition coefficient (Wildman–Crippen LogP) is 4.28. The maximum Gasteiger partial charge on any atom is 0.167 e. The molecule has 2 aromatic rings. The number of rotatable bonds is 5. The van der Waals surface area contributed by atoms with Gasteiger partial charge in [0.2, 0.25) is 0 Å². The van der Waals surface area contributed by atoms with Gasteiger partial charge in [0, 0.05) is 18.3 Å². The van der Waals surface area contributed by atoms with Crippen molar-refractivity contribution in [2.45, 2.75) is 20.4 Å². The van der Waals surface area contributed by atoms with E-state index in [-0.39, 0.29) is 11.6 Å². The first-order valence-corrected chi connectivity index (χ1v) is 6.51. The molecule has 0 radical (unpaired) electrons. The van der Waals surface area contributed by atoms with E-state index in [0.717, 1.165) is 11.1 Å². The maximum absolute atomic E-state index is 13.7. The van der Waals surface area contributed by atoms with Crippen LogP contribution in [0.1, 0.15) is 18.1 Å². The summed E-state index contributed by atoms with van der Waals surface area (Å²) >= 11 is 0. The van der Waals surface area contributed by atoms with Crippen molar-refractivity contribution in [2.75, 3.05) is 11.9 Å². The van der Waals surface area contributed by atoms with Gasteiger partial charge < -0.3 is 10.1 Å². The third kappa shape index (κ3) is 3.47. The van der Waals surface area contributed by atoms with E-state index in [2.05, 4.69) is 5.32 Å². The molecule has 0 fully saturated rings. The second-order valence-corrected chi connectivity index (χ2v) is 4.50. The second-order valence-electron chi connectivity index (χ2n) is 4.50. The normalized spacial score (nSPS) is 10.4. The van der Waals surface area contributed by atoms with Crippen LogP contribution in [-0.2, 0) is 6.54 Å². The predicted molar refractivity (Wildman–Crippen MR) is 76.0 cm³/mol. The first-order valence-electron chi connectivity index (χ1n) is 6.51. The molecule has 0 aromatic heterocycles. The van der Waals surface area contributed by atoms with Gasteiger partial charge in [0.25, 0.3) is 0 Å². The van der Waals surface area contributed by atoms with Gasteiger partial charge in [-0.2, -0.15) is 0 Å². The molecule has 0 saturated carbocycles. The molecule has 4 heteroatoms. The molecule has 0 bridgehead atoms. The van der Waals surface area contributed by atoms with Gasteiger partial charge in [0.05, 0.1) is 6.61 Å². The first-order chi connectivity index (χ1) is 9.60. The van der Waals surface area contributed by atoms with Crippen LogP contribution in [0.5, 0.6) is 5.75 Å². The summed E-state index contributed by atoms with van der Waals surface area (Å²) in [4.78, 5) is 0. The van der Waals surface area contributed by atoms with Crippen LogP contribution in [0, 0.1) is 18.6 Å². The number of aryl methyl sites for hydroxylation is 1. The van der Waals surface area contributed by atoms with Crippen LogP contribution in [0.3, 0.4) is 0 Å². The minimum Gasteiger partial charge on any atom is -0.491 e. The molecular weight excluding hydrogens is 260 g/mol. The molecule has 0 aliphatic heterocycles. The van der Waals surface area contributed by atoms with Crippen molar-refractivity contribution in [1.82, 2.24) is 0 Å². The lowest BCUT2D eigenvalue weighted by Gasteiger charge is -2.11. The number of ether oxygens (including phenoxy) is 1. The average molecular weight is 277 g/mol. The van der Waals surface area contributed by atoms with Gasteiger partial charge in [-0.05, 0) is 49.2 Å². The highest BCUT2D eigenvalue weighted by Gasteiger charge is 2.05. The molecule has 0 amide bonds. The summed E-state index contributed by atoms with van der Waals surface area (Å²) in [7, 11) is 0. The summed E-state index contributed by atoms with van der Waals surface area (Å²) < 4.78 is 32.0. The molecule has 0 atom stereocenters. The molecule has 0 spiro atoms. The molecule has 2 aromatic carbocycles.